The number of carboxylic acid groups (broad SMARTS) is 1. The zero-order chi connectivity index (χ0) is 16.4. The van der Waals surface area contributed by atoms with Gasteiger partial charge in [0.05, 0.1) is 12.0 Å². The smallest absolute Gasteiger partial charge is 0.308 e. The average molecular weight is 320 g/mol. The first-order valence-electron chi connectivity index (χ1n) is 8.04. The molecule has 2 unspecified atom stereocenters. The molecule has 2 fully saturated rings. The van der Waals surface area contributed by atoms with Crippen molar-refractivity contribution in [2.75, 3.05) is 19.6 Å². The molecule has 0 bridgehead atoms. The van der Waals surface area contributed by atoms with E-state index in [0.717, 1.165) is 24.9 Å². The highest BCUT2D eigenvalue weighted by Crippen LogP contribution is 2.25. The molecule has 1 amide bonds. The first kappa shape index (κ1) is 15.9. The Morgan fingerprint density at radius 2 is 1.91 bits per heavy atom. The van der Waals surface area contributed by atoms with E-state index in [1.54, 1.807) is 17.0 Å². The summed E-state index contributed by atoms with van der Waals surface area (Å²) in [4.78, 5) is 27.5. The first-order valence-corrected chi connectivity index (χ1v) is 8.04. The maximum absolute atomic E-state index is 13.0. The molecule has 0 radical (unpaired) electrons. The number of carbonyl (C=O) groups excluding carboxylic acids is 1. The third-order valence-corrected chi connectivity index (χ3v) is 4.80. The van der Waals surface area contributed by atoms with Crippen LogP contribution in [0.25, 0.3) is 0 Å². The summed E-state index contributed by atoms with van der Waals surface area (Å²) in [6.45, 7) is 2.29. The van der Waals surface area contributed by atoms with Gasteiger partial charge in [-0.1, -0.05) is 12.1 Å². The van der Waals surface area contributed by atoms with Crippen LogP contribution in [0, 0.1) is 11.7 Å². The van der Waals surface area contributed by atoms with Gasteiger partial charge >= 0.3 is 5.97 Å². The fourth-order valence-corrected chi connectivity index (χ4v) is 3.49. The van der Waals surface area contributed by atoms with Gasteiger partial charge < -0.3 is 10.0 Å². The van der Waals surface area contributed by atoms with Crippen molar-refractivity contribution in [3.63, 3.8) is 0 Å². The fraction of sp³-hybridized carbons (Fsp3) is 0.529. The maximum atomic E-state index is 13.0. The molecule has 2 heterocycles. The minimum atomic E-state index is -0.824. The molecule has 6 heteroatoms. The molecule has 0 aromatic heterocycles. The van der Waals surface area contributed by atoms with E-state index in [1.807, 2.05) is 0 Å². The van der Waals surface area contributed by atoms with Crippen molar-refractivity contribution in [2.45, 2.75) is 31.8 Å². The Hall–Kier alpha value is -1.95. The van der Waals surface area contributed by atoms with Gasteiger partial charge in [0, 0.05) is 19.6 Å². The van der Waals surface area contributed by atoms with Gasteiger partial charge in [-0.25, -0.2) is 4.39 Å². The summed E-state index contributed by atoms with van der Waals surface area (Å²) in [6, 6.07) is 6.16. The Morgan fingerprint density at radius 3 is 2.57 bits per heavy atom. The van der Waals surface area contributed by atoms with Gasteiger partial charge in [0.1, 0.15) is 5.82 Å². The number of hydrogen-bond acceptors (Lipinski definition) is 3. The lowest BCUT2D eigenvalue weighted by Crippen LogP contribution is -2.44. The van der Waals surface area contributed by atoms with Crippen LogP contribution in [0.5, 0.6) is 0 Å². The molecule has 2 atom stereocenters. The summed E-state index contributed by atoms with van der Waals surface area (Å²) in [5, 5.41) is 9.07. The lowest BCUT2D eigenvalue weighted by molar-refractivity contribution is -0.141. The number of nitrogens with zero attached hydrogens (tertiary/aromatic N) is 2. The highest BCUT2D eigenvalue weighted by atomic mass is 19.1. The molecule has 23 heavy (non-hydrogen) atoms. The predicted octanol–water partition coefficient (Wildman–Crippen LogP) is 1.72. The molecular formula is C17H21FN2O3. The van der Waals surface area contributed by atoms with Crippen molar-refractivity contribution in [3.8, 4) is 0 Å². The van der Waals surface area contributed by atoms with Crippen LogP contribution in [0.2, 0.25) is 0 Å². The van der Waals surface area contributed by atoms with Crippen molar-refractivity contribution in [1.29, 1.82) is 0 Å². The third-order valence-electron chi connectivity index (χ3n) is 4.80. The quantitative estimate of drug-likeness (QED) is 0.918. The van der Waals surface area contributed by atoms with Gasteiger partial charge in [0.15, 0.2) is 0 Å². The second-order valence-electron chi connectivity index (χ2n) is 6.36. The van der Waals surface area contributed by atoms with Crippen LogP contribution in [-0.2, 0) is 16.1 Å². The Kier molecular flexibility index (Phi) is 4.61. The second kappa shape index (κ2) is 6.66. The SMILES string of the molecule is O=C(O)C1CCN(C(=O)C2CCCN2Cc2ccc(F)cc2)C1. The van der Waals surface area contributed by atoms with E-state index in [-0.39, 0.29) is 17.8 Å². The van der Waals surface area contributed by atoms with Crippen molar-refractivity contribution in [1.82, 2.24) is 9.80 Å². The summed E-state index contributed by atoms with van der Waals surface area (Å²) in [7, 11) is 0. The number of hydrogen-bond donors (Lipinski definition) is 1. The van der Waals surface area contributed by atoms with E-state index >= 15 is 0 Å². The van der Waals surface area contributed by atoms with Gasteiger partial charge in [-0.3, -0.25) is 14.5 Å². The number of amides is 1. The molecule has 1 N–H and O–H groups in total. The van der Waals surface area contributed by atoms with Gasteiger partial charge in [0.25, 0.3) is 0 Å². The molecule has 1 aromatic rings. The summed E-state index contributed by atoms with van der Waals surface area (Å²) in [5.41, 5.74) is 0.982. The van der Waals surface area contributed by atoms with E-state index in [0.29, 0.717) is 26.1 Å². The van der Waals surface area contributed by atoms with Gasteiger partial charge in [-0.15, -0.1) is 0 Å². The molecule has 2 aliphatic rings. The van der Waals surface area contributed by atoms with E-state index in [4.69, 9.17) is 5.11 Å². The lowest BCUT2D eigenvalue weighted by atomic mass is 10.1. The summed E-state index contributed by atoms with van der Waals surface area (Å²) in [6.07, 6.45) is 2.29. The van der Waals surface area contributed by atoms with E-state index in [9.17, 15) is 14.0 Å². The van der Waals surface area contributed by atoms with Gasteiger partial charge in [-0.2, -0.15) is 0 Å². The number of benzene rings is 1. The van der Waals surface area contributed by atoms with E-state index < -0.39 is 11.9 Å². The van der Waals surface area contributed by atoms with Crippen LogP contribution >= 0.6 is 0 Å². The maximum Gasteiger partial charge on any atom is 0.308 e. The minimum Gasteiger partial charge on any atom is -0.481 e. The molecule has 2 aliphatic heterocycles. The molecule has 5 nitrogen and oxygen atoms in total. The molecule has 3 rings (SSSR count). The molecule has 0 saturated carbocycles. The third kappa shape index (κ3) is 3.52. The number of aliphatic carboxylic acids is 1. The summed E-state index contributed by atoms with van der Waals surface area (Å²) < 4.78 is 13.0. The van der Waals surface area contributed by atoms with Crippen LogP contribution < -0.4 is 0 Å². The molecule has 0 aliphatic carbocycles. The molecular weight excluding hydrogens is 299 g/mol. The lowest BCUT2D eigenvalue weighted by Gasteiger charge is -2.27. The molecule has 0 spiro atoms. The normalized spacial score (nSPS) is 25.0. The topological polar surface area (TPSA) is 60.9 Å². The van der Waals surface area contributed by atoms with Crippen molar-refractivity contribution < 1.29 is 19.1 Å². The minimum absolute atomic E-state index is 0.0355. The standard InChI is InChI=1S/C17H21FN2O3/c18-14-5-3-12(4-6-14)10-19-8-1-2-15(19)16(21)20-9-7-13(11-20)17(22)23/h3-6,13,15H,1-2,7-11H2,(H,22,23). The largest absolute Gasteiger partial charge is 0.481 e. The number of carbonyl (C=O) groups is 2. The van der Waals surface area contributed by atoms with Crippen LogP contribution in [0.1, 0.15) is 24.8 Å². The molecule has 2 saturated heterocycles. The Labute approximate surface area is 134 Å². The summed E-state index contributed by atoms with van der Waals surface area (Å²) >= 11 is 0. The fourth-order valence-electron chi connectivity index (χ4n) is 3.49. The van der Waals surface area contributed by atoms with Crippen molar-refractivity contribution >= 4 is 11.9 Å². The van der Waals surface area contributed by atoms with Gasteiger partial charge in [-0.05, 0) is 43.5 Å². The van der Waals surface area contributed by atoms with Gasteiger partial charge in [0.2, 0.25) is 5.91 Å². The van der Waals surface area contributed by atoms with Crippen LogP contribution in [0.4, 0.5) is 4.39 Å². The predicted molar refractivity (Wildman–Crippen MR) is 82.2 cm³/mol. The zero-order valence-electron chi connectivity index (χ0n) is 12.9. The summed E-state index contributed by atoms with van der Waals surface area (Å²) in [5.74, 6) is -1.49. The number of halogens is 1. The Bertz CT molecular complexity index is 590. The monoisotopic (exact) mass is 320 g/mol. The van der Waals surface area contributed by atoms with E-state index in [2.05, 4.69) is 4.90 Å². The number of likely N-dealkylation sites (tertiary alicyclic amines) is 2. The number of rotatable bonds is 4. The first-order chi connectivity index (χ1) is 11.0. The molecule has 1 aromatic carbocycles. The van der Waals surface area contributed by atoms with Crippen LogP contribution in [0.3, 0.4) is 0 Å². The van der Waals surface area contributed by atoms with Crippen LogP contribution in [-0.4, -0.2) is 52.5 Å². The molecule has 124 valence electrons. The van der Waals surface area contributed by atoms with Crippen molar-refractivity contribution in [3.05, 3.63) is 35.6 Å². The van der Waals surface area contributed by atoms with E-state index in [1.165, 1.54) is 12.1 Å². The average Bonchev–Trinajstić information content (AvgIpc) is 3.18. The highest BCUT2D eigenvalue weighted by Gasteiger charge is 2.38. The Balaban J connectivity index is 1.63. The van der Waals surface area contributed by atoms with Crippen molar-refractivity contribution in [2.24, 2.45) is 5.92 Å². The van der Waals surface area contributed by atoms with Crippen LogP contribution in [0.15, 0.2) is 24.3 Å². The number of carboxylic acids is 1. The zero-order valence-corrected chi connectivity index (χ0v) is 12.9. The highest BCUT2D eigenvalue weighted by molar-refractivity contribution is 5.83. The Morgan fingerprint density at radius 1 is 1.17 bits per heavy atom. The second-order valence-corrected chi connectivity index (χ2v) is 6.36.